The first-order chi connectivity index (χ1) is 12.8. The topological polar surface area (TPSA) is 59.6 Å². The molecule has 2 N–H and O–H groups in total. The SMILES string of the molecule is COC(=O)c1cc(NC(=S)N[C@H](C)COc2ccc(C)c(C)c2)ccc1Cl. The van der Waals surface area contributed by atoms with Crippen LogP contribution in [-0.4, -0.2) is 30.8 Å². The summed E-state index contributed by atoms with van der Waals surface area (Å²) in [4.78, 5) is 11.7. The van der Waals surface area contributed by atoms with Gasteiger partial charge in [0.25, 0.3) is 0 Å². The minimum Gasteiger partial charge on any atom is -0.491 e. The fourth-order valence-corrected chi connectivity index (χ4v) is 2.84. The summed E-state index contributed by atoms with van der Waals surface area (Å²) in [6, 6.07) is 10.9. The van der Waals surface area contributed by atoms with Gasteiger partial charge in [0, 0.05) is 5.69 Å². The number of methoxy groups -OCH3 is 1. The maximum absolute atomic E-state index is 11.7. The second-order valence-corrected chi connectivity index (χ2v) is 7.06. The number of halogens is 1. The molecule has 7 heteroatoms. The van der Waals surface area contributed by atoms with Crippen molar-refractivity contribution in [2.45, 2.75) is 26.8 Å². The highest BCUT2D eigenvalue weighted by atomic mass is 35.5. The van der Waals surface area contributed by atoms with Crippen molar-refractivity contribution >= 4 is 40.6 Å². The Hall–Kier alpha value is -2.31. The van der Waals surface area contributed by atoms with Gasteiger partial charge in [-0.25, -0.2) is 4.79 Å². The van der Waals surface area contributed by atoms with E-state index in [1.807, 2.05) is 25.1 Å². The van der Waals surface area contributed by atoms with E-state index in [2.05, 4.69) is 24.5 Å². The maximum Gasteiger partial charge on any atom is 0.339 e. The van der Waals surface area contributed by atoms with Gasteiger partial charge in [0.2, 0.25) is 0 Å². The molecule has 1 atom stereocenters. The van der Waals surface area contributed by atoms with Gasteiger partial charge in [0.1, 0.15) is 12.4 Å². The number of anilines is 1. The minimum absolute atomic E-state index is 0.0148. The molecule has 0 aliphatic rings. The molecule has 0 fully saturated rings. The van der Waals surface area contributed by atoms with Gasteiger partial charge in [-0.15, -0.1) is 0 Å². The molecule has 0 saturated heterocycles. The molecule has 0 spiro atoms. The summed E-state index contributed by atoms with van der Waals surface area (Å²) >= 11 is 11.3. The second kappa shape index (κ2) is 9.58. The van der Waals surface area contributed by atoms with E-state index < -0.39 is 5.97 Å². The highest BCUT2D eigenvalue weighted by Gasteiger charge is 2.12. The van der Waals surface area contributed by atoms with Gasteiger partial charge in [-0.1, -0.05) is 17.7 Å². The third-order valence-corrected chi connectivity index (χ3v) is 4.53. The number of benzene rings is 2. The minimum atomic E-state index is -0.502. The number of ether oxygens (including phenoxy) is 2. The first-order valence-electron chi connectivity index (χ1n) is 8.45. The normalized spacial score (nSPS) is 11.4. The molecule has 0 aliphatic heterocycles. The Morgan fingerprint density at radius 2 is 1.93 bits per heavy atom. The number of thiocarbonyl (C=S) groups is 1. The molecule has 0 saturated carbocycles. The molecule has 0 amide bonds. The Morgan fingerprint density at radius 1 is 1.19 bits per heavy atom. The highest BCUT2D eigenvalue weighted by Crippen LogP contribution is 2.21. The molecule has 0 bridgehead atoms. The quantitative estimate of drug-likeness (QED) is 0.544. The molecule has 144 valence electrons. The molecule has 0 radical (unpaired) electrons. The van der Waals surface area contributed by atoms with Gasteiger partial charge in [-0.3, -0.25) is 0 Å². The highest BCUT2D eigenvalue weighted by molar-refractivity contribution is 7.80. The van der Waals surface area contributed by atoms with Crippen LogP contribution in [0.2, 0.25) is 5.02 Å². The van der Waals surface area contributed by atoms with Crippen LogP contribution in [0.5, 0.6) is 5.75 Å². The van der Waals surface area contributed by atoms with E-state index in [9.17, 15) is 4.79 Å². The van der Waals surface area contributed by atoms with Crippen LogP contribution >= 0.6 is 23.8 Å². The van der Waals surface area contributed by atoms with Crippen LogP contribution in [-0.2, 0) is 4.74 Å². The van der Waals surface area contributed by atoms with Gasteiger partial charge < -0.3 is 20.1 Å². The summed E-state index contributed by atoms with van der Waals surface area (Å²) in [5, 5.41) is 6.92. The van der Waals surface area contributed by atoms with E-state index in [4.69, 9.17) is 33.3 Å². The Labute approximate surface area is 170 Å². The number of hydrogen-bond donors (Lipinski definition) is 2. The number of carbonyl (C=O) groups is 1. The van der Waals surface area contributed by atoms with E-state index in [-0.39, 0.29) is 11.6 Å². The molecular weight excluding hydrogens is 384 g/mol. The Morgan fingerprint density at radius 3 is 2.59 bits per heavy atom. The van der Waals surface area contributed by atoms with Gasteiger partial charge in [0.05, 0.1) is 23.7 Å². The maximum atomic E-state index is 11.7. The van der Waals surface area contributed by atoms with Crippen molar-refractivity contribution in [1.29, 1.82) is 0 Å². The molecule has 5 nitrogen and oxygen atoms in total. The molecule has 0 heterocycles. The molecule has 27 heavy (non-hydrogen) atoms. The zero-order chi connectivity index (χ0) is 20.0. The van der Waals surface area contributed by atoms with E-state index in [1.54, 1.807) is 18.2 Å². The average molecular weight is 407 g/mol. The zero-order valence-electron chi connectivity index (χ0n) is 15.8. The van der Waals surface area contributed by atoms with Crippen molar-refractivity contribution in [3.05, 3.63) is 58.1 Å². The van der Waals surface area contributed by atoms with Gasteiger partial charge >= 0.3 is 5.97 Å². The Kier molecular flexibility index (Phi) is 7.45. The lowest BCUT2D eigenvalue weighted by atomic mass is 10.1. The van der Waals surface area contributed by atoms with Crippen molar-refractivity contribution in [2.75, 3.05) is 19.0 Å². The zero-order valence-corrected chi connectivity index (χ0v) is 17.3. The number of carbonyl (C=O) groups excluding carboxylic acids is 1. The summed E-state index contributed by atoms with van der Waals surface area (Å²) in [6.45, 7) is 6.54. The standard InChI is InChI=1S/C20H23ClN2O3S/c1-12-5-7-16(9-13(12)2)26-11-14(3)22-20(27)23-15-6-8-18(21)17(10-15)19(24)25-4/h5-10,14H,11H2,1-4H3,(H2,22,23,27)/t14-/m1/s1. The Balaban J connectivity index is 1.89. The van der Waals surface area contributed by atoms with E-state index in [0.29, 0.717) is 22.4 Å². The summed E-state index contributed by atoms with van der Waals surface area (Å²) < 4.78 is 10.5. The van der Waals surface area contributed by atoms with Gasteiger partial charge in [-0.05, 0) is 74.4 Å². The number of aryl methyl sites for hydroxylation is 2. The lowest BCUT2D eigenvalue weighted by Crippen LogP contribution is -2.39. The van der Waals surface area contributed by atoms with Gasteiger partial charge in [0.15, 0.2) is 5.11 Å². The molecule has 0 aromatic heterocycles. The number of nitrogens with one attached hydrogen (secondary N) is 2. The van der Waals surface area contributed by atoms with Crippen LogP contribution in [0.3, 0.4) is 0 Å². The Bertz CT molecular complexity index is 842. The number of hydrogen-bond acceptors (Lipinski definition) is 4. The van der Waals surface area contributed by atoms with Crippen molar-refractivity contribution < 1.29 is 14.3 Å². The van der Waals surface area contributed by atoms with Crippen LogP contribution in [0.15, 0.2) is 36.4 Å². The monoisotopic (exact) mass is 406 g/mol. The lowest BCUT2D eigenvalue weighted by molar-refractivity contribution is 0.0601. The van der Waals surface area contributed by atoms with Crippen molar-refractivity contribution in [1.82, 2.24) is 5.32 Å². The molecule has 2 aromatic carbocycles. The van der Waals surface area contributed by atoms with Crippen molar-refractivity contribution in [2.24, 2.45) is 0 Å². The van der Waals surface area contributed by atoms with E-state index >= 15 is 0 Å². The summed E-state index contributed by atoms with van der Waals surface area (Å²) in [6.07, 6.45) is 0. The summed E-state index contributed by atoms with van der Waals surface area (Å²) in [7, 11) is 1.31. The fourth-order valence-electron chi connectivity index (χ4n) is 2.33. The van der Waals surface area contributed by atoms with Crippen LogP contribution in [0, 0.1) is 13.8 Å². The molecule has 2 aromatic rings. The van der Waals surface area contributed by atoms with Crippen molar-refractivity contribution in [3.8, 4) is 5.75 Å². The van der Waals surface area contributed by atoms with Crippen LogP contribution in [0.25, 0.3) is 0 Å². The number of esters is 1. The average Bonchev–Trinajstić information content (AvgIpc) is 2.63. The molecule has 0 aliphatic carbocycles. The predicted octanol–water partition coefficient (Wildman–Crippen LogP) is 4.50. The molecule has 2 rings (SSSR count). The predicted molar refractivity (Wildman–Crippen MR) is 113 cm³/mol. The first-order valence-corrected chi connectivity index (χ1v) is 9.24. The van der Waals surface area contributed by atoms with E-state index in [0.717, 1.165) is 5.75 Å². The van der Waals surface area contributed by atoms with Gasteiger partial charge in [-0.2, -0.15) is 0 Å². The molecule has 0 unspecified atom stereocenters. The fraction of sp³-hybridized carbons (Fsp3) is 0.300. The number of rotatable bonds is 6. The smallest absolute Gasteiger partial charge is 0.339 e. The summed E-state index contributed by atoms with van der Waals surface area (Å²) in [5.41, 5.74) is 3.33. The summed E-state index contributed by atoms with van der Waals surface area (Å²) in [5.74, 6) is 0.323. The van der Waals surface area contributed by atoms with E-state index in [1.165, 1.54) is 18.2 Å². The third kappa shape index (κ3) is 6.12. The van der Waals surface area contributed by atoms with Crippen molar-refractivity contribution in [3.63, 3.8) is 0 Å². The molecular formula is C20H23ClN2O3S. The van der Waals surface area contributed by atoms with Crippen LogP contribution in [0.1, 0.15) is 28.4 Å². The van der Waals surface area contributed by atoms with Crippen LogP contribution < -0.4 is 15.4 Å². The second-order valence-electron chi connectivity index (χ2n) is 6.24. The van der Waals surface area contributed by atoms with Crippen LogP contribution in [0.4, 0.5) is 5.69 Å². The largest absolute Gasteiger partial charge is 0.491 e. The lowest BCUT2D eigenvalue weighted by Gasteiger charge is -2.18. The first kappa shape index (κ1) is 21.0. The third-order valence-electron chi connectivity index (χ3n) is 3.99.